The summed E-state index contributed by atoms with van der Waals surface area (Å²) in [5.41, 5.74) is 2.96. The molecule has 78 valence electrons. The summed E-state index contributed by atoms with van der Waals surface area (Å²) < 4.78 is 4.48. The van der Waals surface area contributed by atoms with Crippen LogP contribution in [0.5, 0.6) is 0 Å². The van der Waals surface area contributed by atoms with Gasteiger partial charge in [-0.3, -0.25) is 15.8 Å². The SMILES string of the molecule is Cc1nonc1-c1[nH]nc(N=O)c1NO. The van der Waals surface area contributed by atoms with E-state index in [1.165, 1.54) is 0 Å². The Morgan fingerprint density at radius 1 is 1.53 bits per heavy atom. The lowest BCUT2D eigenvalue weighted by Crippen LogP contribution is -1.91. The van der Waals surface area contributed by atoms with E-state index in [1.54, 1.807) is 6.92 Å². The normalized spacial score (nSPS) is 10.3. The van der Waals surface area contributed by atoms with Gasteiger partial charge in [-0.05, 0) is 17.3 Å². The Kier molecular flexibility index (Phi) is 2.14. The second-order valence-electron chi connectivity index (χ2n) is 2.70. The van der Waals surface area contributed by atoms with Crippen molar-refractivity contribution in [1.29, 1.82) is 0 Å². The molecular weight excluding hydrogens is 204 g/mol. The maximum Gasteiger partial charge on any atom is 0.243 e. The lowest BCUT2D eigenvalue weighted by Gasteiger charge is -1.96. The summed E-state index contributed by atoms with van der Waals surface area (Å²) in [5, 5.41) is 24.6. The predicted molar refractivity (Wildman–Crippen MR) is 47.5 cm³/mol. The van der Waals surface area contributed by atoms with Crippen LogP contribution in [0.2, 0.25) is 0 Å². The highest BCUT2D eigenvalue weighted by molar-refractivity contribution is 5.79. The predicted octanol–water partition coefficient (Wildman–Crippen LogP) is 0.967. The monoisotopic (exact) mass is 210 g/mol. The average Bonchev–Trinajstić information content (AvgIpc) is 2.82. The molecule has 3 N–H and O–H groups in total. The first kappa shape index (κ1) is 9.27. The van der Waals surface area contributed by atoms with Gasteiger partial charge < -0.3 is 0 Å². The molecule has 15 heavy (non-hydrogen) atoms. The molecule has 0 unspecified atom stereocenters. The highest BCUT2D eigenvalue weighted by atomic mass is 16.6. The van der Waals surface area contributed by atoms with Gasteiger partial charge in [-0.2, -0.15) is 0 Å². The fourth-order valence-electron chi connectivity index (χ4n) is 1.13. The van der Waals surface area contributed by atoms with Crippen molar-refractivity contribution in [2.75, 3.05) is 5.48 Å². The van der Waals surface area contributed by atoms with Gasteiger partial charge in [0.25, 0.3) is 0 Å². The molecule has 0 aliphatic carbocycles. The Balaban J connectivity index is 2.58. The summed E-state index contributed by atoms with van der Waals surface area (Å²) in [7, 11) is 0. The molecule has 2 heterocycles. The fraction of sp³-hybridized carbons (Fsp3) is 0.167. The molecule has 0 aliphatic rings. The second kappa shape index (κ2) is 3.46. The molecule has 0 radical (unpaired) electrons. The number of aromatic amines is 1. The molecule has 9 nitrogen and oxygen atoms in total. The molecule has 0 atom stereocenters. The molecule has 2 aromatic heterocycles. The van der Waals surface area contributed by atoms with Crippen LogP contribution in [0.15, 0.2) is 9.81 Å². The van der Waals surface area contributed by atoms with Gasteiger partial charge in [-0.25, -0.2) is 4.63 Å². The van der Waals surface area contributed by atoms with Crippen LogP contribution in [0, 0.1) is 11.8 Å². The summed E-state index contributed by atoms with van der Waals surface area (Å²) >= 11 is 0. The molecule has 0 saturated heterocycles. The van der Waals surface area contributed by atoms with E-state index in [9.17, 15) is 4.91 Å². The topological polar surface area (TPSA) is 129 Å². The van der Waals surface area contributed by atoms with Gasteiger partial charge in [0.1, 0.15) is 17.1 Å². The number of H-pyrrole nitrogens is 1. The minimum Gasteiger partial charge on any atom is -0.291 e. The van der Waals surface area contributed by atoms with Gasteiger partial charge >= 0.3 is 0 Å². The van der Waals surface area contributed by atoms with E-state index in [2.05, 4.69) is 30.3 Å². The first-order chi connectivity index (χ1) is 7.27. The van der Waals surface area contributed by atoms with Gasteiger partial charge in [-0.1, -0.05) is 5.16 Å². The van der Waals surface area contributed by atoms with Crippen LogP contribution in [0.1, 0.15) is 5.69 Å². The van der Waals surface area contributed by atoms with Gasteiger partial charge in [0, 0.05) is 0 Å². The molecule has 9 heteroatoms. The summed E-state index contributed by atoms with van der Waals surface area (Å²) in [6, 6.07) is 0. The van der Waals surface area contributed by atoms with Gasteiger partial charge in [0.2, 0.25) is 5.82 Å². The number of anilines is 1. The van der Waals surface area contributed by atoms with Crippen molar-refractivity contribution in [1.82, 2.24) is 20.5 Å². The van der Waals surface area contributed by atoms with Crippen LogP contribution in [-0.2, 0) is 0 Å². The Hall–Kier alpha value is -2.29. The third kappa shape index (κ3) is 1.34. The van der Waals surface area contributed by atoms with Crippen molar-refractivity contribution in [3.63, 3.8) is 0 Å². The number of hydrogen-bond acceptors (Lipinski definition) is 8. The van der Waals surface area contributed by atoms with E-state index < -0.39 is 0 Å². The summed E-state index contributed by atoms with van der Waals surface area (Å²) in [6.45, 7) is 1.65. The molecule has 0 saturated carbocycles. The minimum atomic E-state index is -0.199. The lowest BCUT2D eigenvalue weighted by atomic mass is 10.2. The number of nitroso groups, excluding NO2 is 1. The number of nitrogens with zero attached hydrogens (tertiary/aromatic N) is 4. The Labute approximate surface area is 82.4 Å². The van der Waals surface area contributed by atoms with Crippen LogP contribution in [0.25, 0.3) is 11.4 Å². The summed E-state index contributed by atoms with van der Waals surface area (Å²) in [5.74, 6) is -0.199. The zero-order valence-electron chi connectivity index (χ0n) is 7.55. The first-order valence-corrected chi connectivity index (χ1v) is 3.89. The van der Waals surface area contributed by atoms with Gasteiger partial charge in [0.05, 0.1) is 0 Å². The third-order valence-corrected chi connectivity index (χ3v) is 1.83. The number of hydrogen-bond donors (Lipinski definition) is 3. The second-order valence-corrected chi connectivity index (χ2v) is 2.70. The molecule has 0 fully saturated rings. The van der Waals surface area contributed by atoms with Crippen LogP contribution in [-0.4, -0.2) is 25.7 Å². The lowest BCUT2D eigenvalue weighted by molar-refractivity contribution is 0.305. The Morgan fingerprint density at radius 2 is 2.33 bits per heavy atom. The molecule has 0 amide bonds. The number of nitrogens with one attached hydrogen (secondary N) is 2. The van der Waals surface area contributed by atoms with Crippen molar-refractivity contribution in [2.24, 2.45) is 5.18 Å². The minimum absolute atomic E-state index is 0.0313. The number of rotatable bonds is 3. The maximum absolute atomic E-state index is 10.3. The molecular formula is C6H6N6O3. The van der Waals surface area contributed by atoms with E-state index in [0.717, 1.165) is 0 Å². The van der Waals surface area contributed by atoms with Gasteiger partial charge in [0.15, 0.2) is 5.69 Å². The summed E-state index contributed by atoms with van der Waals surface area (Å²) in [4.78, 5) is 10.3. The van der Waals surface area contributed by atoms with Gasteiger partial charge in [-0.15, -0.1) is 10.0 Å². The maximum atomic E-state index is 10.3. The smallest absolute Gasteiger partial charge is 0.243 e. The van der Waals surface area contributed by atoms with Crippen molar-refractivity contribution in [3.05, 3.63) is 10.6 Å². The van der Waals surface area contributed by atoms with Crippen molar-refractivity contribution < 1.29 is 9.84 Å². The quantitative estimate of drug-likeness (QED) is 0.508. The Bertz CT molecular complexity index is 489. The summed E-state index contributed by atoms with van der Waals surface area (Å²) in [6.07, 6.45) is 0. The average molecular weight is 210 g/mol. The molecule has 0 spiro atoms. The zero-order valence-corrected chi connectivity index (χ0v) is 7.55. The highest BCUT2D eigenvalue weighted by Crippen LogP contribution is 2.32. The van der Waals surface area contributed by atoms with Crippen molar-refractivity contribution in [2.45, 2.75) is 6.92 Å². The van der Waals surface area contributed by atoms with E-state index in [0.29, 0.717) is 11.4 Å². The van der Waals surface area contributed by atoms with E-state index >= 15 is 0 Å². The fourth-order valence-corrected chi connectivity index (χ4v) is 1.13. The van der Waals surface area contributed by atoms with E-state index in [4.69, 9.17) is 5.21 Å². The highest BCUT2D eigenvalue weighted by Gasteiger charge is 2.19. The Morgan fingerprint density at radius 3 is 2.87 bits per heavy atom. The molecule has 2 aromatic rings. The van der Waals surface area contributed by atoms with Crippen LogP contribution < -0.4 is 5.48 Å². The molecule has 0 aliphatic heterocycles. The zero-order chi connectivity index (χ0) is 10.8. The van der Waals surface area contributed by atoms with E-state index in [1.807, 2.05) is 5.48 Å². The van der Waals surface area contributed by atoms with Crippen molar-refractivity contribution in [3.8, 4) is 11.4 Å². The molecule has 0 aromatic carbocycles. The molecule has 2 rings (SSSR count). The molecule has 0 bridgehead atoms. The number of aryl methyl sites for hydroxylation is 1. The first-order valence-electron chi connectivity index (χ1n) is 3.89. The van der Waals surface area contributed by atoms with Crippen LogP contribution in [0.3, 0.4) is 0 Å². The number of aromatic nitrogens is 4. The van der Waals surface area contributed by atoms with Crippen molar-refractivity contribution >= 4 is 11.5 Å². The van der Waals surface area contributed by atoms with E-state index in [-0.39, 0.29) is 17.2 Å². The van der Waals surface area contributed by atoms with Crippen LogP contribution in [0.4, 0.5) is 11.5 Å². The third-order valence-electron chi connectivity index (χ3n) is 1.83. The van der Waals surface area contributed by atoms with Crippen LogP contribution >= 0.6 is 0 Å². The largest absolute Gasteiger partial charge is 0.291 e. The standard InChI is InChI=1S/C6H6N6O3/c1-2-3(12-15-11-2)4-5(9-13)6(10-14)8-7-4/h9,13H,1H3,(H,7,8).